The van der Waals surface area contributed by atoms with Crippen LogP contribution >= 0.6 is 0 Å². The van der Waals surface area contributed by atoms with Crippen LogP contribution in [0.25, 0.3) is 93.6 Å². The Morgan fingerprint density at radius 2 is 0.964 bits per heavy atom. The van der Waals surface area contributed by atoms with Crippen LogP contribution in [0.15, 0.2) is 168 Å². The summed E-state index contributed by atoms with van der Waals surface area (Å²) < 4.78 is 8.61. The zero-order chi connectivity index (χ0) is 37.5. The van der Waals surface area contributed by atoms with E-state index in [1.807, 2.05) is 12.1 Å². The highest BCUT2D eigenvalue weighted by molar-refractivity contribution is 6.67. The summed E-state index contributed by atoms with van der Waals surface area (Å²) in [6.45, 7) is 0. The van der Waals surface area contributed by atoms with E-state index in [1.165, 1.54) is 54.9 Å². The normalized spacial score (nSPS) is 12.4. The van der Waals surface area contributed by atoms with E-state index in [0.717, 1.165) is 44.5 Å². The summed E-state index contributed by atoms with van der Waals surface area (Å²) in [4.78, 5) is 5.29. The first-order chi connectivity index (χ1) is 26.7. The van der Waals surface area contributed by atoms with Crippen molar-refractivity contribution >= 4 is 93.7 Å². The number of rotatable bonds is 6. The lowest BCUT2D eigenvalue weighted by atomic mass is 9.23. The molecule has 0 bridgehead atoms. The van der Waals surface area contributed by atoms with Crippen molar-refractivity contribution in [1.29, 1.82) is 0 Å². The second-order valence-electron chi connectivity index (χ2n) is 16.4. The minimum Gasteiger partial charge on any atom is -0.456 e. The lowest BCUT2D eigenvalue weighted by Gasteiger charge is -2.39. The predicted molar refractivity (Wildman–Crippen MR) is 247 cm³/mol. The molecule has 0 atom stereocenters. The number of para-hydroxylation sites is 4. The summed E-state index contributed by atoms with van der Waals surface area (Å²) in [6, 6.07) is 59.1. The molecule has 0 amide bonds. The van der Waals surface area contributed by atoms with Gasteiger partial charge in [-0.15, -0.1) is 5.11 Å². The van der Waals surface area contributed by atoms with Crippen LogP contribution < -0.4 is 0 Å². The lowest BCUT2D eigenvalue weighted by Crippen LogP contribution is -2.45. The van der Waals surface area contributed by atoms with Crippen molar-refractivity contribution < 1.29 is 4.42 Å². The highest BCUT2D eigenvalue weighted by Gasteiger charge is 2.38. The van der Waals surface area contributed by atoms with E-state index in [1.54, 1.807) is 0 Å². The third-order valence-corrected chi connectivity index (χ3v) is 12.2. The molecule has 0 spiro atoms. The smallest absolute Gasteiger partial charge is 0.135 e. The third-order valence-electron chi connectivity index (χ3n) is 12.2. The van der Waals surface area contributed by atoms with Gasteiger partial charge in [0.25, 0.3) is 0 Å². The molecule has 0 N–H and O–H groups in total. The average Bonchev–Trinajstić information content (AvgIpc) is 3.79. The molecule has 3 nitrogen and oxygen atoms in total. The Labute approximate surface area is 325 Å². The van der Waals surface area contributed by atoms with E-state index in [2.05, 4.69) is 195 Å². The van der Waals surface area contributed by atoms with Crippen LogP contribution in [0.2, 0.25) is 5.11 Å². The standard InChI is InChI=1S/C47H37B5N2O/c48-46(49,47(50,51)52)45-53-38-17-7-9-19-40(38)54(45)39-18-8-5-11-31(39)28-21-23-29(24-22-28)43-33-13-1-3-15-35(33)44(36-16-4-2-14-34(36)43)30-25-26-42-37(27-30)32-12-6-10-20-41(32)55-42/h1-27H,48-52H2. The molecule has 0 unspecified atom stereocenters. The number of furan rings is 1. The molecule has 10 aromatic rings. The van der Waals surface area contributed by atoms with Gasteiger partial charge in [0, 0.05) is 16.3 Å². The summed E-state index contributed by atoms with van der Waals surface area (Å²) in [5.41, 5.74) is 12.3. The number of hydrogen-bond acceptors (Lipinski definition) is 2. The van der Waals surface area contributed by atoms with E-state index >= 15 is 0 Å². The van der Waals surface area contributed by atoms with Gasteiger partial charge in [0.05, 0.1) is 40.3 Å². The summed E-state index contributed by atoms with van der Waals surface area (Å²) in [7, 11) is 11.6. The number of nitrogens with zero attached hydrogens (tertiary/aromatic N) is 2. The monoisotopic (exact) mass is 700 g/mol. The van der Waals surface area contributed by atoms with Crippen LogP contribution in [0.5, 0.6) is 0 Å². The zero-order valence-electron chi connectivity index (χ0n) is 31.9. The molecule has 0 radical (unpaired) electrons. The quantitative estimate of drug-likeness (QED) is 0.132. The molecule has 0 saturated carbocycles. The highest BCUT2D eigenvalue weighted by atomic mass is 16.3. The SMILES string of the molecule is BC(B)(B)C(B)(B)c1nc2ccccc2n1-c1ccccc1-c1ccc(-c2c3ccccc3c(-c3ccc4oc5ccccc5c4c3)c3ccccc23)cc1. The maximum absolute atomic E-state index is 6.21. The number of fused-ring (bicyclic) bond motifs is 6. The Morgan fingerprint density at radius 1 is 0.455 bits per heavy atom. The van der Waals surface area contributed by atoms with Gasteiger partial charge in [0.2, 0.25) is 0 Å². The largest absolute Gasteiger partial charge is 0.456 e. The molecule has 55 heavy (non-hydrogen) atoms. The van der Waals surface area contributed by atoms with E-state index in [9.17, 15) is 0 Å². The first kappa shape index (κ1) is 33.4. The molecular formula is C47H37B5N2O. The van der Waals surface area contributed by atoms with Crippen LogP contribution in [-0.4, -0.2) is 48.8 Å². The van der Waals surface area contributed by atoms with Crippen LogP contribution in [-0.2, 0) is 5.21 Å². The molecule has 0 aliphatic heterocycles. The van der Waals surface area contributed by atoms with Gasteiger partial charge in [0.15, 0.2) is 0 Å². The van der Waals surface area contributed by atoms with E-state index in [4.69, 9.17) is 9.40 Å². The Kier molecular flexibility index (Phi) is 7.58. The molecule has 2 heterocycles. The van der Waals surface area contributed by atoms with Crippen molar-refractivity contribution in [2.75, 3.05) is 0 Å². The fraction of sp³-hybridized carbons (Fsp3) is 0.0426. The van der Waals surface area contributed by atoms with Crippen LogP contribution in [0.4, 0.5) is 0 Å². The Balaban J connectivity index is 1.14. The number of hydrogen-bond donors (Lipinski definition) is 0. The van der Waals surface area contributed by atoms with Gasteiger partial charge in [-0.25, -0.2) is 4.98 Å². The van der Waals surface area contributed by atoms with Crippen LogP contribution in [0, 0.1) is 0 Å². The van der Waals surface area contributed by atoms with Crippen molar-refractivity contribution in [2.45, 2.75) is 10.3 Å². The molecule has 0 fully saturated rings. The van der Waals surface area contributed by atoms with Gasteiger partial charge < -0.3 is 4.42 Å². The number of benzene rings is 8. The van der Waals surface area contributed by atoms with Gasteiger partial charge in [-0.2, -0.15) is 0 Å². The highest BCUT2D eigenvalue weighted by Crippen LogP contribution is 2.46. The summed E-state index contributed by atoms with van der Waals surface area (Å²) in [6.07, 6.45) is 0. The lowest BCUT2D eigenvalue weighted by molar-refractivity contribution is 0.669. The minimum atomic E-state index is -0.199. The van der Waals surface area contributed by atoms with Crippen LogP contribution in [0.1, 0.15) is 5.82 Å². The molecular weight excluding hydrogens is 663 g/mol. The maximum Gasteiger partial charge on any atom is 0.135 e. The molecule has 2 aromatic heterocycles. The number of imidazole rings is 1. The molecule has 256 valence electrons. The van der Waals surface area contributed by atoms with Crippen LogP contribution in [0.3, 0.4) is 0 Å². The minimum absolute atomic E-state index is 0.00973. The van der Waals surface area contributed by atoms with Gasteiger partial charge in [-0.1, -0.05) is 127 Å². The average molecular weight is 700 g/mol. The maximum atomic E-state index is 6.21. The number of aromatic nitrogens is 2. The first-order valence-corrected chi connectivity index (χ1v) is 19.2. The Morgan fingerprint density at radius 3 is 1.64 bits per heavy atom. The predicted octanol–water partition coefficient (Wildman–Crippen LogP) is 7.62. The summed E-state index contributed by atoms with van der Waals surface area (Å²) in [5, 5.41) is 7.01. The Hall–Kier alpha value is -6.13. The van der Waals surface area contributed by atoms with Crippen molar-refractivity contribution in [1.82, 2.24) is 9.55 Å². The fourth-order valence-corrected chi connectivity index (χ4v) is 8.39. The Bertz CT molecular complexity index is 3060. The van der Waals surface area contributed by atoms with Gasteiger partial charge in [-0.05, 0) is 91.0 Å². The molecule has 0 saturated heterocycles. The molecule has 0 aliphatic carbocycles. The molecule has 8 heteroatoms. The third kappa shape index (κ3) is 5.22. The van der Waals surface area contributed by atoms with Crippen molar-refractivity contribution in [3.05, 3.63) is 170 Å². The topological polar surface area (TPSA) is 31.0 Å². The molecule has 0 aliphatic rings. The van der Waals surface area contributed by atoms with Gasteiger partial charge in [-0.3, -0.25) is 4.57 Å². The second kappa shape index (κ2) is 12.5. The summed E-state index contributed by atoms with van der Waals surface area (Å²) >= 11 is 0. The zero-order valence-corrected chi connectivity index (χ0v) is 31.9. The van der Waals surface area contributed by atoms with Crippen molar-refractivity contribution in [3.63, 3.8) is 0 Å². The first-order valence-electron chi connectivity index (χ1n) is 19.2. The van der Waals surface area contributed by atoms with E-state index < -0.39 is 0 Å². The van der Waals surface area contributed by atoms with Crippen molar-refractivity contribution in [3.8, 4) is 39.1 Å². The fourth-order valence-electron chi connectivity index (χ4n) is 8.39. The summed E-state index contributed by atoms with van der Waals surface area (Å²) in [5.74, 6) is 1.07. The van der Waals surface area contributed by atoms with Gasteiger partial charge >= 0.3 is 0 Å². The van der Waals surface area contributed by atoms with E-state index in [0.29, 0.717) is 0 Å². The molecule has 8 aromatic carbocycles. The van der Waals surface area contributed by atoms with E-state index in [-0.39, 0.29) is 10.3 Å². The van der Waals surface area contributed by atoms with Crippen molar-refractivity contribution in [2.24, 2.45) is 0 Å². The second-order valence-corrected chi connectivity index (χ2v) is 16.4. The molecule has 10 rings (SSSR count). The van der Waals surface area contributed by atoms with Gasteiger partial charge in [0.1, 0.15) is 32.7 Å².